The summed E-state index contributed by atoms with van der Waals surface area (Å²) in [5.41, 5.74) is 0.169. The van der Waals surface area contributed by atoms with E-state index in [9.17, 15) is 18.0 Å². The maximum absolute atomic E-state index is 12.9. The SMILES string of the molecule is CCCCOc1ccc(NC(=O)Cc2cn3cc(C(F)(F)F)cc(Cl)c3n2)cc1. The molecule has 0 saturated carbocycles. The number of hydrogen-bond donors (Lipinski definition) is 1. The molecule has 0 aliphatic carbocycles. The predicted octanol–water partition coefficient (Wildman–Crippen LogP) is 5.37. The predicted molar refractivity (Wildman–Crippen MR) is 104 cm³/mol. The van der Waals surface area contributed by atoms with E-state index in [1.807, 2.05) is 0 Å². The van der Waals surface area contributed by atoms with Crippen LogP contribution >= 0.6 is 11.6 Å². The van der Waals surface area contributed by atoms with Gasteiger partial charge in [0.2, 0.25) is 5.91 Å². The largest absolute Gasteiger partial charge is 0.494 e. The number of pyridine rings is 1. The maximum atomic E-state index is 12.9. The number of nitrogens with zero attached hydrogens (tertiary/aromatic N) is 2. The number of hydrogen-bond acceptors (Lipinski definition) is 3. The van der Waals surface area contributed by atoms with Crippen molar-refractivity contribution in [3.63, 3.8) is 0 Å². The number of rotatable bonds is 7. The van der Waals surface area contributed by atoms with Crippen molar-refractivity contribution >= 4 is 28.8 Å². The highest BCUT2D eigenvalue weighted by atomic mass is 35.5. The van der Waals surface area contributed by atoms with Crippen molar-refractivity contribution in [3.8, 4) is 5.75 Å². The van der Waals surface area contributed by atoms with E-state index in [0.717, 1.165) is 25.1 Å². The Balaban J connectivity index is 1.66. The van der Waals surface area contributed by atoms with Crippen LogP contribution in [0.25, 0.3) is 5.65 Å². The molecule has 0 bridgehead atoms. The fourth-order valence-electron chi connectivity index (χ4n) is 2.69. The van der Waals surface area contributed by atoms with Crippen LogP contribution in [-0.4, -0.2) is 21.9 Å². The Morgan fingerprint density at radius 3 is 2.62 bits per heavy atom. The molecule has 0 unspecified atom stereocenters. The van der Waals surface area contributed by atoms with Crippen molar-refractivity contribution in [2.45, 2.75) is 32.4 Å². The lowest BCUT2D eigenvalue weighted by molar-refractivity contribution is -0.137. The van der Waals surface area contributed by atoms with Crippen LogP contribution in [0.1, 0.15) is 31.0 Å². The van der Waals surface area contributed by atoms with Crippen LogP contribution < -0.4 is 10.1 Å². The van der Waals surface area contributed by atoms with E-state index in [-0.39, 0.29) is 23.0 Å². The van der Waals surface area contributed by atoms with E-state index in [2.05, 4.69) is 17.2 Å². The molecular formula is C20H19ClF3N3O2. The molecule has 154 valence electrons. The fourth-order valence-corrected chi connectivity index (χ4v) is 2.94. The van der Waals surface area contributed by atoms with Crippen LogP contribution in [-0.2, 0) is 17.4 Å². The van der Waals surface area contributed by atoms with Gasteiger partial charge in [-0.1, -0.05) is 24.9 Å². The zero-order chi connectivity index (χ0) is 21.0. The molecule has 0 saturated heterocycles. The number of amides is 1. The first kappa shape index (κ1) is 21.0. The van der Waals surface area contributed by atoms with Gasteiger partial charge in [-0.2, -0.15) is 13.2 Å². The van der Waals surface area contributed by atoms with Gasteiger partial charge in [-0.25, -0.2) is 4.98 Å². The van der Waals surface area contributed by atoms with Crippen molar-refractivity contribution in [2.75, 3.05) is 11.9 Å². The number of alkyl halides is 3. The molecule has 3 rings (SSSR count). The quantitative estimate of drug-likeness (QED) is 0.518. The Kier molecular flexibility index (Phi) is 6.32. The molecule has 5 nitrogen and oxygen atoms in total. The third kappa shape index (κ3) is 5.41. The molecule has 2 heterocycles. The van der Waals surface area contributed by atoms with Crippen molar-refractivity contribution in [3.05, 3.63) is 59.0 Å². The number of fused-ring (bicyclic) bond motifs is 1. The van der Waals surface area contributed by atoms with Crippen molar-refractivity contribution in [1.82, 2.24) is 9.38 Å². The Hall–Kier alpha value is -2.74. The van der Waals surface area contributed by atoms with Gasteiger partial charge in [0, 0.05) is 18.1 Å². The molecule has 29 heavy (non-hydrogen) atoms. The van der Waals surface area contributed by atoms with Crippen molar-refractivity contribution in [2.24, 2.45) is 0 Å². The Morgan fingerprint density at radius 2 is 1.97 bits per heavy atom. The van der Waals surface area contributed by atoms with Crippen LogP contribution in [0.4, 0.5) is 18.9 Å². The molecular weight excluding hydrogens is 407 g/mol. The second kappa shape index (κ2) is 8.73. The average Bonchev–Trinajstić information content (AvgIpc) is 3.05. The molecule has 0 fully saturated rings. The molecule has 2 aromatic heterocycles. The lowest BCUT2D eigenvalue weighted by Crippen LogP contribution is -2.14. The first-order valence-corrected chi connectivity index (χ1v) is 9.41. The molecule has 0 radical (unpaired) electrons. The summed E-state index contributed by atoms with van der Waals surface area (Å²) in [7, 11) is 0. The van der Waals surface area contributed by atoms with Crippen LogP contribution in [0.15, 0.2) is 42.7 Å². The zero-order valence-corrected chi connectivity index (χ0v) is 16.3. The molecule has 3 aromatic rings. The molecule has 0 atom stereocenters. The highest BCUT2D eigenvalue weighted by Gasteiger charge is 2.32. The van der Waals surface area contributed by atoms with Gasteiger partial charge in [0.05, 0.1) is 29.3 Å². The van der Waals surface area contributed by atoms with Gasteiger partial charge in [0.15, 0.2) is 5.65 Å². The number of carbonyl (C=O) groups excluding carboxylic acids is 1. The number of nitrogens with one attached hydrogen (secondary N) is 1. The lowest BCUT2D eigenvalue weighted by Gasteiger charge is -2.07. The first-order valence-electron chi connectivity index (χ1n) is 9.03. The van der Waals surface area contributed by atoms with Crippen LogP contribution in [0.5, 0.6) is 5.75 Å². The van der Waals surface area contributed by atoms with E-state index in [0.29, 0.717) is 23.7 Å². The van der Waals surface area contributed by atoms with Crippen molar-refractivity contribution in [1.29, 1.82) is 0 Å². The second-order valence-corrected chi connectivity index (χ2v) is 6.90. The minimum Gasteiger partial charge on any atom is -0.494 e. The number of aromatic nitrogens is 2. The van der Waals surface area contributed by atoms with Gasteiger partial charge in [-0.3, -0.25) is 4.79 Å². The third-order valence-corrected chi connectivity index (χ3v) is 4.41. The summed E-state index contributed by atoms with van der Waals surface area (Å²) >= 11 is 5.91. The molecule has 0 aliphatic rings. The Bertz CT molecular complexity index is 1000. The lowest BCUT2D eigenvalue weighted by atomic mass is 10.2. The molecule has 1 aromatic carbocycles. The molecule has 9 heteroatoms. The summed E-state index contributed by atoms with van der Waals surface area (Å²) in [4.78, 5) is 16.4. The van der Waals surface area contributed by atoms with Crippen molar-refractivity contribution < 1.29 is 22.7 Å². The number of carbonyl (C=O) groups is 1. The summed E-state index contributed by atoms with van der Waals surface area (Å²) in [6.45, 7) is 2.71. The number of unbranched alkanes of at least 4 members (excludes halogenated alkanes) is 1. The monoisotopic (exact) mass is 425 g/mol. The summed E-state index contributed by atoms with van der Waals surface area (Å²) in [6.07, 6.45) is -0.361. The van der Waals surface area contributed by atoms with E-state index in [1.54, 1.807) is 24.3 Å². The molecule has 0 aliphatic heterocycles. The van der Waals surface area contributed by atoms with Gasteiger partial charge >= 0.3 is 6.18 Å². The Morgan fingerprint density at radius 1 is 1.24 bits per heavy atom. The normalized spacial score (nSPS) is 11.6. The summed E-state index contributed by atoms with van der Waals surface area (Å²) in [5.74, 6) is 0.368. The first-order chi connectivity index (χ1) is 13.8. The molecule has 1 amide bonds. The summed E-state index contributed by atoms with van der Waals surface area (Å²) < 4.78 is 45.5. The van der Waals surface area contributed by atoms with Gasteiger partial charge in [0.25, 0.3) is 0 Å². The van der Waals surface area contributed by atoms with E-state index in [4.69, 9.17) is 16.3 Å². The number of halogens is 4. The highest BCUT2D eigenvalue weighted by Crippen LogP contribution is 2.32. The average molecular weight is 426 g/mol. The van der Waals surface area contributed by atoms with Gasteiger partial charge in [0.1, 0.15) is 5.75 Å². The van der Waals surface area contributed by atoms with Gasteiger partial charge in [-0.05, 0) is 36.8 Å². The van der Waals surface area contributed by atoms with Gasteiger partial charge < -0.3 is 14.5 Å². The zero-order valence-electron chi connectivity index (χ0n) is 15.6. The van der Waals surface area contributed by atoms with Crippen LogP contribution in [0.3, 0.4) is 0 Å². The summed E-state index contributed by atoms with van der Waals surface area (Å²) in [5, 5.41) is 2.59. The molecule has 1 N–H and O–H groups in total. The highest BCUT2D eigenvalue weighted by molar-refractivity contribution is 6.33. The second-order valence-electron chi connectivity index (χ2n) is 6.49. The minimum atomic E-state index is -4.52. The number of imidazole rings is 1. The van der Waals surface area contributed by atoms with E-state index >= 15 is 0 Å². The number of anilines is 1. The number of benzene rings is 1. The standard InChI is InChI=1S/C20H19ClF3N3O2/c1-2-3-8-29-16-6-4-14(5-7-16)25-18(28)10-15-12-27-11-13(20(22,23)24)9-17(21)19(27)26-15/h4-7,9,11-12H,2-3,8,10H2,1H3,(H,25,28). The Labute approximate surface area is 170 Å². The van der Waals surface area contributed by atoms with E-state index in [1.165, 1.54) is 10.6 Å². The van der Waals surface area contributed by atoms with Crippen LogP contribution in [0.2, 0.25) is 5.02 Å². The van der Waals surface area contributed by atoms with Gasteiger partial charge in [-0.15, -0.1) is 0 Å². The topological polar surface area (TPSA) is 55.6 Å². The summed E-state index contributed by atoms with van der Waals surface area (Å²) in [6, 6.07) is 7.77. The fraction of sp³-hybridized carbons (Fsp3) is 0.300. The third-order valence-electron chi connectivity index (χ3n) is 4.13. The minimum absolute atomic E-state index is 0.103. The smallest absolute Gasteiger partial charge is 0.417 e. The van der Waals surface area contributed by atoms with Crippen LogP contribution in [0, 0.1) is 0 Å². The molecule has 0 spiro atoms. The number of ether oxygens (including phenoxy) is 1. The van der Waals surface area contributed by atoms with E-state index < -0.39 is 11.7 Å². The maximum Gasteiger partial charge on any atom is 0.417 e.